The van der Waals surface area contributed by atoms with Crippen LogP contribution in [0.1, 0.15) is 5.69 Å². The summed E-state index contributed by atoms with van der Waals surface area (Å²) in [6.07, 6.45) is -4.05. The van der Waals surface area contributed by atoms with E-state index in [-0.39, 0.29) is 30.5 Å². The summed E-state index contributed by atoms with van der Waals surface area (Å²) < 4.78 is 43.7. The van der Waals surface area contributed by atoms with Crippen molar-refractivity contribution >= 4 is 5.82 Å². The van der Waals surface area contributed by atoms with Crippen LogP contribution >= 0.6 is 0 Å². The second-order valence-corrected chi connectivity index (χ2v) is 4.66. The first-order chi connectivity index (χ1) is 10.9. The number of hydrogen-bond acceptors (Lipinski definition) is 6. The molecule has 2 aromatic rings. The van der Waals surface area contributed by atoms with E-state index in [1.165, 1.54) is 19.4 Å². The number of aliphatic hydroxyl groups excluding tert-OH is 1. The van der Waals surface area contributed by atoms with Crippen molar-refractivity contribution in [3.63, 3.8) is 0 Å². The van der Waals surface area contributed by atoms with Crippen LogP contribution in [0.25, 0.3) is 11.5 Å². The lowest BCUT2D eigenvalue weighted by molar-refractivity contribution is -0.141. The Bertz CT molecular complexity index is 638. The maximum Gasteiger partial charge on any atom is 0.433 e. The molecule has 0 fully saturated rings. The lowest BCUT2D eigenvalue weighted by atomic mass is 10.3. The lowest BCUT2D eigenvalue weighted by Crippen LogP contribution is -2.25. The molecule has 2 N–H and O–H groups in total. The van der Waals surface area contributed by atoms with Gasteiger partial charge in [0.05, 0.1) is 12.7 Å². The van der Waals surface area contributed by atoms with Gasteiger partial charge in [-0.15, -0.1) is 0 Å². The molecule has 0 aromatic carbocycles. The molecule has 1 unspecified atom stereocenters. The number of nitrogens with one attached hydrogen (secondary N) is 1. The average molecular weight is 328 g/mol. The molecule has 0 aliphatic rings. The van der Waals surface area contributed by atoms with Crippen LogP contribution in [0.15, 0.2) is 30.5 Å². The van der Waals surface area contributed by atoms with E-state index >= 15 is 0 Å². The van der Waals surface area contributed by atoms with E-state index < -0.39 is 18.0 Å². The predicted octanol–water partition coefficient (Wildman–Crippen LogP) is 1.98. The number of halogens is 3. The minimum Gasteiger partial charge on any atom is -0.389 e. The highest BCUT2D eigenvalue weighted by molar-refractivity contribution is 5.53. The van der Waals surface area contributed by atoms with Crippen LogP contribution in [0, 0.1) is 0 Å². The van der Waals surface area contributed by atoms with Gasteiger partial charge < -0.3 is 15.2 Å². The summed E-state index contributed by atoms with van der Waals surface area (Å²) in [6, 6.07) is 5.56. The van der Waals surface area contributed by atoms with Crippen LogP contribution in [0.5, 0.6) is 0 Å². The highest BCUT2D eigenvalue weighted by Gasteiger charge is 2.34. The maximum atomic E-state index is 13.0. The molecule has 1 atom stereocenters. The van der Waals surface area contributed by atoms with Gasteiger partial charge in [-0.3, -0.25) is 4.98 Å². The first kappa shape index (κ1) is 17.1. The number of nitrogens with zero attached hydrogens (tertiary/aromatic N) is 3. The molecular weight excluding hydrogens is 313 g/mol. The zero-order chi connectivity index (χ0) is 16.9. The lowest BCUT2D eigenvalue weighted by Gasteiger charge is -2.14. The van der Waals surface area contributed by atoms with Crippen LogP contribution in [0.4, 0.5) is 19.0 Å². The van der Waals surface area contributed by atoms with E-state index in [0.717, 1.165) is 6.07 Å². The quantitative estimate of drug-likeness (QED) is 0.844. The van der Waals surface area contributed by atoms with Crippen LogP contribution in [-0.4, -0.2) is 46.4 Å². The normalized spacial score (nSPS) is 12.9. The fraction of sp³-hybridized carbons (Fsp3) is 0.357. The standard InChI is InChI=1S/C14H15F3N4O2/c1-23-8-9(22)7-19-12-6-11(14(15,16)17)20-13(21-12)10-4-2-3-5-18-10/h2-6,9,22H,7-8H2,1H3,(H,19,20,21). The highest BCUT2D eigenvalue weighted by atomic mass is 19.4. The molecule has 0 saturated heterocycles. The molecule has 23 heavy (non-hydrogen) atoms. The molecule has 2 aromatic heterocycles. The largest absolute Gasteiger partial charge is 0.433 e. The van der Waals surface area contributed by atoms with E-state index in [9.17, 15) is 18.3 Å². The molecule has 124 valence electrons. The topological polar surface area (TPSA) is 80.2 Å². The van der Waals surface area contributed by atoms with Crippen molar-refractivity contribution in [3.05, 3.63) is 36.2 Å². The van der Waals surface area contributed by atoms with Gasteiger partial charge >= 0.3 is 6.18 Å². The van der Waals surface area contributed by atoms with E-state index in [1.807, 2.05) is 0 Å². The molecule has 0 amide bonds. The summed E-state index contributed by atoms with van der Waals surface area (Å²) in [7, 11) is 1.41. The minimum absolute atomic E-state index is 0.0101. The number of hydrogen-bond donors (Lipinski definition) is 2. The Morgan fingerprint density at radius 1 is 1.30 bits per heavy atom. The number of ether oxygens (including phenoxy) is 1. The number of anilines is 1. The Hall–Kier alpha value is -2.26. The number of aromatic nitrogens is 3. The molecule has 0 bridgehead atoms. The third-order valence-corrected chi connectivity index (χ3v) is 2.79. The van der Waals surface area contributed by atoms with Gasteiger partial charge in [-0.25, -0.2) is 9.97 Å². The zero-order valence-corrected chi connectivity index (χ0v) is 12.2. The zero-order valence-electron chi connectivity index (χ0n) is 12.2. The molecular formula is C14H15F3N4O2. The summed E-state index contributed by atoms with van der Waals surface area (Å²) in [4.78, 5) is 11.5. The number of alkyl halides is 3. The smallest absolute Gasteiger partial charge is 0.389 e. The minimum atomic E-state index is -4.62. The molecule has 2 heterocycles. The van der Waals surface area contributed by atoms with Gasteiger partial charge in [-0.1, -0.05) is 6.07 Å². The molecule has 0 aliphatic heterocycles. The van der Waals surface area contributed by atoms with Crippen molar-refractivity contribution < 1.29 is 23.0 Å². The van der Waals surface area contributed by atoms with Gasteiger partial charge in [-0.2, -0.15) is 13.2 Å². The van der Waals surface area contributed by atoms with Crippen LogP contribution in [0.2, 0.25) is 0 Å². The molecule has 6 nitrogen and oxygen atoms in total. The van der Waals surface area contributed by atoms with Crippen molar-refractivity contribution in [1.82, 2.24) is 15.0 Å². The van der Waals surface area contributed by atoms with Crippen LogP contribution in [0.3, 0.4) is 0 Å². The molecule has 0 saturated carbocycles. The van der Waals surface area contributed by atoms with Crippen LogP contribution < -0.4 is 5.32 Å². The summed E-state index contributed by atoms with van der Waals surface area (Å²) in [5.74, 6) is -0.202. The highest BCUT2D eigenvalue weighted by Crippen LogP contribution is 2.30. The van der Waals surface area contributed by atoms with Gasteiger partial charge in [0.15, 0.2) is 11.5 Å². The van der Waals surface area contributed by atoms with Crippen molar-refractivity contribution in [3.8, 4) is 11.5 Å². The summed E-state index contributed by atoms with van der Waals surface area (Å²) in [5.41, 5.74) is -0.865. The Kier molecular flexibility index (Phi) is 5.45. The van der Waals surface area contributed by atoms with Crippen LogP contribution in [-0.2, 0) is 10.9 Å². The van der Waals surface area contributed by atoms with E-state index in [1.54, 1.807) is 12.1 Å². The van der Waals surface area contributed by atoms with Crippen molar-refractivity contribution in [2.24, 2.45) is 0 Å². The number of pyridine rings is 1. The first-order valence-electron chi connectivity index (χ1n) is 6.68. The predicted molar refractivity (Wildman–Crippen MR) is 76.6 cm³/mol. The average Bonchev–Trinajstić information content (AvgIpc) is 2.53. The fourth-order valence-corrected chi connectivity index (χ4v) is 1.77. The summed E-state index contributed by atoms with van der Waals surface area (Å²) in [6.45, 7) is 0.0428. The Balaban J connectivity index is 2.31. The second-order valence-electron chi connectivity index (χ2n) is 4.66. The molecule has 9 heteroatoms. The number of methoxy groups -OCH3 is 1. The van der Waals surface area contributed by atoms with Gasteiger partial charge in [0.2, 0.25) is 0 Å². The van der Waals surface area contributed by atoms with E-state index in [4.69, 9.17) is 4.74 Å². The number of rotatable bonds is 6. The first-order valence-corrected chi connectivity index (χ1v) is 6.68. The molecule has 2 rings (SSSR count). The van der Waals surface area contributed by atoms with Gasteiger partial charge in [0, 0.05) is 25.9 Å². The molecule has 0 spiro atoms. The third-order valence-electron chi connectivity index (χ3n) is 2.79. The third kappa shape index (κ3) is 4.86. The fourth-order valence-electron chi connectivity index (χ4n) is 1.77. The maximum absolute atomic E-state index is 13.0. The Morgan fingerprint density at radius 3 is 2.70 bits per heavy atom. The van der Waals surface area contributed by atoms with Gasteiger partial charge in [0.25, 0.3) is 0 Å². The van der Waals surface area contributed by atoms with E-state index in [0.29, 0.717) is 0 Å². The SMILES string of the molecule is COCC(O)CNc1cc(C(F)(F)F)nc(-c2ccccn2)n1. The Morgan fingerprint density at radius 2 is 2.09 bits per heavy atom. The molecule has 0 radical (unpaired) electrons. The summed E-state index contributed by atoms with van der Waals surface area (Å²) >= 11 is 0. The summed E-state index contributed by atoms with van der Waals surface area (Å²) in [5, 5.41) is 12.2. The Labute approximate surface area is 130 Å². The van der Waals surface area contributed by atoms with E-state index in [2.05, 4.69) is 20.3 Å². The molecule has 0 aliphatic carbocycles. The van der Waals surface area contributed by atoms with Crippen molar-refractivity contribution in [1.29, 1.82) is 0 Å². The monoisotopic (exact) mass is 328 g/mol. The number of aliphatic hydroxyl groups is 1. The van der Waals surface area contributed by atoms with Gasteiger partial charge in [-0.05, 0) is 12.1 Å². The van der Waals surface area contributed by atoms with Crippen molar-refractivity contribution in [2.75, 3.05) is 25.6 Å². The van der Waals surface area contributed by atoms with Gasteiger partial charge in [0.1, 0.15) is 11.5 Å². The van der Waals surface area contributed by atoms with Crippen molar-refractivity contribution in [2.45, 2.75) is 12.3 Å². The second kappa shape index (κ2) is 7.34.